The van der Waals surface area contributed by atoms with Crippen LogP contribution in [0.25, 0.3) is 0 Å². The highest BCUT2D eigenvalue weighted by Gasteiger charge is 2.19. The fourth-order valence-corrected chi connectivity index (χ4v) is 1.98. The quantitative estimate of drug-likeness (QED) is 0.648. The standard InChI is InChI=1S/C13H7BrF4O/c14-10-5-11(17)9(4-12(10)18)13(19)6-1-7(15)3-8(16)2-6/h1-5,13,19H. The van der Waals surface area contributed by atoms with E-state index in [1.165, 1.54) is 0 Å². The second-order valence-electron chi connectivity index (χ2n) is 3.89. The number of benzene rings is 2. The minimum atomic E-state index is -1.66. The third-order valence-electron chi connectivity index (χ3n) is 2.53. The smallest absolute Gasteiger partial charge is 0.137 e. The number of hydrogen-bond acceptors (Lipinski definition) is 1. The van der Waals surface area contributed by atoms with Crippen LogP contribution in [0.2, 0.25) is 0 Å². The van der Waals surface area contributed by atoms with Crippen LogP contribution in [0.4, 0.5) is 17.6 Å². The van der Waals surface area contributed by atoms with Crippen molar-refractivity contribution in [2.75, 3.05) is 0 Å². The molecule has 2 aromatic rings. The Morgan fingerprint density at radius 1 is 0.842 bits per heavy atom. The monoisotopic (exact) mass is 334 g/mol. The molecule has 1 N–H and O–H groups in total. The molecule has 1 nitrogen and oxygen atoms in total. The second kappa shape index (κ2) is 5.30. The number of halogens is 5. The van der Waals surface area contributed by atoms with Crippen LogP contribution in [0.5, 0.6) is 0 Å². The fourth-order valence-electron chi connectivity index (χ4n) is 1.66. The van der Waals surface area contributed by atoms with E-state index in [2.05, 4.69) is 15.9 Å². The molecule has 0 aliphatic heterocycles. The van der Waals surface area contributed by atoms with Crippen LogP contribution >= 0.6 is 15.9 Å². The van der Waals surface area contributed by atoms with E-state index >= 15 is 0 Å². The number of aliphatic hydroxyl groups excluding tert-OH is 1. The molecule has 0 aliphatic rings. The predicted molar refractivity (Wildman–Crippen MR) is 64.5 cm³/mol. The number of rotatable bonds is 2. The van der Waals surface area contributed by atoms with Gasteiger partial charge in [-0.1, -0.05) is 0 Å². The lowest BCUT2D eigenvalue weighted by Gasteiger charge is -2.13. The Kier molecular flexibility index (Phi) is 3.91. The molecule has 0 amide bonds. The van der Waals surface area contributed by atoms with Crippen molar-refractivity contribution in [2.24, 2.45) is 0 Å². The van der Waals surface area contributed by atoms with Gasteiger partial charge in [0.25, 0.3) is 0 Å². The molecule has 1 atom stereocenters. The van der Waals surface area contributed by atoms with E-state index in [9.17, 15) is 22.7 Å². The van der Waals surface area contributed by atoms with Gasteiger partial charge in [0.15, 0.2) is 0 Å². The average molecular weight is 335 g/mol. The van der Waals surface area contributed by atoms with Crippen molar-refractivity contribution in [2.45, 2.75) is 6.10 Å². The van der Waals surface area contributed by atoms with Gasteiger partial charge in [-0.25, -0.2) is 17.6 Å². The van der Waals surface area contributed by atoms with Crippen LogP contribution < -0.4 is 0 Å². The minimum absolute atomic E-state index is 0.105. The SMILES string of the molecule is OC(c1cc(F)cc(F)c1)c1cc(F)c(Br)cc1F. The molecule has 0 fully saturated rings. The molecule has 19 heavy (non-hydrogen) atoms. The van der Waals surface area contributed by atoms with Gasteiger partial charge in [0.05, 0.1) is 4.47 Å². The molecule has 0 heterocycles. The summed E-state index contributed by atoms with van der Waals surface area (Å²) in [5.41, 5.74) is -0.594. The van der Waals surface area contributed by atoms with Gasteiger partial charge in [-0.05, 0) is 45.8 Å². The van der Waals surface area contributed by atoms with Crippen molar-refractivity contribution in [3.05, 3.63) is 69.2 Å². The van der Waals surface area contributed by atoms with E-state index in [0.29, 0.717) is 6.07 Å². The summed E-state index contributed by atoms with van der Waals surface area (Å²) in [4.78, 5) is 0. The van der Waals surface area contributed by atoms with E-state index in [1.54, 1.807) is 0 Å². The maximum atomic E-state index is 13.6. The predicted octanol–water partition coefficient (Wildman–Crippen LogP) is 4.09. The van der Waals surface area contributed by atoms with Crippen molar-refractivity contribution < 1.29 is 22.7 Å². The zero-order valence-electron chi connectivity index (χ0n) is 9.30. The molecule has 0 saturated carbocycles. The molecule has 0 saturated heterocycles. The topological polar surface area (TPSA) is 20.2 Å². The summed E-state index contributed by atoms with van der Waals surface area (Å²) in [6, 6.07) is 3.94. The first-order valence-corrected chi connectivity index (χ1v) is 5.96. The first-order valence-electron chi connectivity index (χ1n) is 5.17. The minimum Gasteiger partial charge on any atom is -0.384 e. The van der Waals surface area contributed by atoms with Gasteiger partial charge in [-0.3, -0.25) is 0 Å². The first-order chi connectivity index (χ1) is 8.88. The average Bonchev–Trinajstić information content (AvgIpc) is 2.31. The summed E-state index contributed by atoms with van der Waals surface area (Å²) < 4.78 is 52.9. The Labute approximate surface area is 114 Å². The van der Waals surface area contributed by atoms with Gasteiger partial charge in [0.2, 0.25) is 0 Å². The lowest BCUT2D eigenvalue weighted by Crippen LogP contribution is -2.05. The van der Waals surface area contributed by atoms with Gasteiger partial charge in [0, 0.05) is 11.6 Å². The van der Waals surface area contributed by atoms with Crippen molar-refractivity contribution >= 4 is 15.9 Å². The van der Waals surface area contributed by atoms with E-state index in [4.69, 9.17) is 0 Å². The Morgan fingerprint density at radius 2 is 1.42 bits per heavy atom. The fraction of sp³-hybridized carbons (Fsp3) is 0.0769. The number of aliphatic hydroxyl groups is 1. The summed E-state index contributed by atoms with van der Waals surface area (Å²) in [5.74, 6) is -3.49. The normalized spacial score (nSPS) is 12.5. The molecule has 1 unspecified atom stereocenters. The first kappa shape index (κ1) is 14.0. The van der Waals surface area contributed by atoms with Gasteiger partial charge in [-0.2, -0.15) is 0 Å². The molecule has 2 aromatic carbocycles. The van der Waals surface area contributed by atoms with Crippen molar-refractivity contribution in [3.63, 3.8) is 0 Å². The molecule has 0 spiro atoms. The highest BCUT2D eigenvalue weighted by molar-refractivity contribution is 9.10. The molecule has 0 aromatic heterocycles. The maximum Gasteiger partial charge on any atom is 0.137 e. The van der Waals surface area contributed by atoms with Gasteiger partial charge >= 0.3 is 0 Å². The third kappa shape index (κ3) is 2.96. The summed E-state index contributed by atoms with van der Waals surface area (Å²) in [6.45, 7) is 0. The summed E-state index contributed by atoms with van der Waals surface area (Å²) in [7, 11) is 0. The highest BCUT2D eigenvalue weighted by Crippen LogP contribution is 2.29. The third-order valence-corrected chi connectivity index (χ3v) is 3.14. The van der Waals surface area contributed by atoms with Crippen LogP contribution in [0.1, 0.15) is 17.2 Å². The van der Waals surface area contributed by atoms with Crippen LogP contribution in [0.15, 0.2) is 34.8 Å². The van der Waals surface area contributed by atoms with Crippen LogP contribution in [0.3, 0.4) is 0 Å². The van der Waals surface area contributed by atoms with Crippen LogP contribution in [-0.2, 0) is 0 Å². The van der Waals surface area contributed by atoms with Crippen LogP contribution in [0, 0.1) is 23.3 Å². The summed E-state index contributed by atoms with van der Waals surface area (Å²) >= 11 is 2.79. The zero-order chi connectivity index (χ0) is 14.2. The Hall–Kier alpha value is -1.40. The van der Waals surface area contributed by atoms with E-state index in [-0.39, 0.29) is 10.0 Å². The maximum absolute atomic E-state index is 13.6. The molecule has 0 bridgehead atoms. The Bertz CT molecular complexity index is 610. The second-order valence-corrected chi connectivity index (χ2v) is 4.75. The zero-order valence-corrected chi connectivity index (χ0v) is 10.9. The molecule has 2 rings (SSSR count). The molecule has 100 valence electrons. The van der Waals surface area contributed by atoms with Gasteiger partial charge < -0.3 is 5.11 Å². The molecular formula is C13H7BrF4O. The van der Waals surface area contributed by atoms with Gasteiger partial charge in [0.1, 0.15) is 29.4 Å². The Balaban J connectivity index is 2.49. The number of hydrogen-bond donors (Lipinski definition) is 1. The Morgan fingerprint density at radius 3 is 2.00 bits per heavy atom. The van der Waals surface area contributed by atoms with E-state index < -0.39 is 34.9 Å². The highest BCUT2D eigenvalue weighted by atomic mass is 79.9. The van der Waals surface area contributed by atoms with E-state index in [0.717, 1.165) is 24.3 Å². The van der Waals surface area contributed by atoms with Crippen molar-refractivity contribution in [1.29, 1.82) is 0 Å². The lowest BCUT2D eigenvalue weighted by molar-refractivity contribution is 0.213. The lowest BCUT2D eigenvalue weighted by atomic mass is 10.0. The largest absolute Gasteiger partial charge is 0.384 e. The molecule has 6 heteroatoms. The van der Waals surface area contributed by atoms with Crippen molar-refractivity contribution in [3.8, 4) is 0 Å². The summed E-state index contributed by atoms with van der Waals surface area (Å²) in [6.07, 6.45) is -1.66. The summed E-state index contributed by atoms with van der Waals surface area (Å²) in [5, 5.41) is 9.88. The van der Waals surface area contributed by atoms with Gasteiger partial charge in [-0.15, -0.1) is 0 Å². The van der Waals surface area contributed by atoms with Crippen LogP contribution in [-0.4, -0.2) is 5.11 Å². The molecular weight excluding hydrogens is 328 g/mol. The van der Waals surface area contributed by atoms with Crippen molar-refractivity contribution in [1.82, 2.24) is 0 Å². The molecule has 0 aliphatic carbocycles. The van der Waals surface area contributed by atoms with E-state index in [1.807, 2.05) is 0 Å². The molecule has 0 radical (unpaired) electrons.